The zero-order valence-electron chi connectivity index (χ0n) is 15.9. The summed E-state index contributed by atoms with van der Waals surface area (Å²) in [5, 5.41) is 2.90. The highest BCUT2D eigenvalue weighted by Crippen LogP contribution is 2.47. The van der Waals surface area contributed by atoms with Gasteiger partial charge in [-0.15, -0.1) is 0 Å². The van der Waals surface area contributed by atoms with Gasteiger partial charge in [0.1, 0.15) is 5.82 Å². The number of nitrogens with zero attached hydrogens (tertiary/aromatic N) is 3. The SMILES string of the molecule is CC1(C)C(=O)N(CN2CCCC(C(=O)Nc3ccc(Br)cn3)C2)C1(C)C. The van der Waals surface area contributed by atoms with Crippen molar-refractivity contribution >= 4 is 33.6 Å². The second kappa shape index (κ2) is 6.93. The van der Waals surface area contributed by atoms with Crippen molar-refractivity contribution in [2.24, 2.45) is 11.3 Å². The van der Waals surface area contributed by atoms with Gasteiger partial charge in [0, 0.05) is 17.2 Å². The molecule has 1 unspecified atom stereocenters. The van der Waals surface area contributed by atoms with Crippen LogP contribution in [0.2, 0.25) is 0 Å². The molecule has 2 saturated heterocycles. The number of aromatic nitrogens is 1. The Morgan fingerprint density at radius 2 is 2.08 bits per heavy atom. The Labute approximate surface area is 163 Å². The number of halogens is 1. The molecule has 0 bridgehead atoms. The van der Waals surface area contributed by atoms with E-state index in [0.29, 0.717) is 19.0 Å². The predicted molar refractivity (Wildman–Crippen MR) is 104 cm³/mol. The normalized spacial score (nSPS) is 24.9. The van der Waals surface area contributed by atoms with Crippen LogP contribution >= 0.6 is 15.9 Å². The summed E-state index contributed by atoms with van der Waals surface area (Å²) in [5.74, 6) is 0.671. The third kappa shape index (κ3) is 3.39. The number of anilines is 1. The maximum absolute atomic E-state index is 12.6. The lowest BCUT2D eigenvalue weighted by molar-refractivity contribution is -0.189. The van der Waals surface area contributed by atoms with Gasteiger partial charge < -0.3 is 10.2 Å². The van der Waals surface area contributed by atoms with Gasteiger partial charge in [-0.3, -0.25) is 14.5 Å². The minimum Gasteiger partial charge on any atom is -0.323 e. The standard InChI is InChI=1S/C19H27BrN4O2/c1-18(2)17(26)24(19(18,3)4)12-23-9-5-6-13(11-23)16(25)22-15-8-7-14(20)10-21-15/h7-8,10,13H,5-6,9,11-12H2,1-4H3,(H,21,22,25). The molecule has 1 N–H and O–H groups in total. The predicted octanol–water partition coefficient (Wildman–Crippen LogP) is 3.10. The van der Waals surface area contributed by atoms with Crippen molar-refractivity contribution in [1.82, 2.24) is 14.8 Å². The van der Waals surface area contributed by atoms with Crippen molar-refractivity contribution in [3.8, 4) is 0 Å². The van der Waals surface area contributed by atoms with Crippen LogP contribution in [0, 0.1) is 11.3 Å². The minimum atomic E-state index is -0.327. The molecule has 142 valence electrons. The molecule has 2 amide bonds. The molecule has 2 aliphatic rings. The fourth-order valence-corrected chi connectivity index (χ4v) is 3.89. The van der Waals surface area contributed by atoms with Crippen LogP contribution in [0.5, 0.6) is 0 Å². The van der Waals surface area contributed by atoms with Crippen LogP contribution in [0.1, 0.15) is 40.5 Å². The van der Waals surface area contributed by atoms with Crippen LogP contribution in [0.4, 0.5) is 5.82 Å². The van der Waals surface area contributed by atoms with Crippen molar-refractivity contribution in [2.75, 3.05) is 25.1 Å². The Morgan fingerprint density at radius 3 is 2.69 bits per heavy atom. The van der Waals surface area contributed by atoms with E-state index in [1.54, 1.807) is 12.3 Å². The molecule has 0 aliphatic carbocycles. The highest BCUT2D eigenvalue weighted by Gasteiger charge is 2.60. The molecule has 0 saturated carbocycles. The van der Waals surface area contributed by atoms with Crippen LogP contribution < -0.4 is 5.32 Å². The van der Waals surface area contributed by atoms with E-state index >= 15 is 0 Å². The Bertz CT molecular complexity index is 702. The van der Waals surface area contributed by atoms with E-state index in [4.69, 9.17) is 0 Å². The van der Waals surface area contributed by atoms with E-state index in [1.165, 1.54) is 0 Å². The summed E-state index contributed by atoms with van der Waals surface area (Å²) < 4.78 is 0.879. The third-order valence-corrected chi connectivity index (χ3v) is 6.65. The average Bonchev–Trinajstić information content (AvgIpc) is 2.61. The number of pyridine rings is 1. The van der Waals surface area contributed by atoms with Gasteiger partial charge in [-0.25, -0.2) is 4.98 Å². The Hall–Kier alpha value is -1.47. The lowest BCUT2D eigenvalue weighted by Gasteiger charge is -2.61. The molecule has 0 aromatic carbocycles. The maximum atomic E-state index is 12.6. The Morgan fingerprint density at radius 1 is 1.35 bits per heavy atom. The molecule has 0 radical (unpaired) electrons. The highest BCUT2D eigenvalue weighted by atomic mass is 79.9. The number of amides is 2. The largest absolute Gasteiger partial charge is 0.323 e. The first-order valence-corrected chi connectivity index (χ1v) is 9.89. The van der Waals surface area contributed by atoms with E-state index in [2.05, 4.69) is 45.0 Å². The van der Waals surface area contributed by atoms with Crippen LogP contribution in [0.25, 0.3) is 0 Å². The van der Waals surface area contributed by atoms with Gasteiger partial charge in [0.05, 0.1) is 23.5 Å². The van der Waals surface area contributed by atoms with Crippen LogP contribution in [0.15, 0.2) is 22.8 Å². The number of nitrogens with one attached hydrogen (secondary N) is 1. The number of carbonyl (C=O) groups is 2. The summed E-state index contributed by atoms with van der Waals surface area (Å²) in [6.07, 6.45) is 3.49. The second-order valence-corrected chi connectivity index (χ2v) is 9.24. The van der Waals surface area contributed by atoms with Crippen molar-refractivity contribution < 1.29 is 9.59 Å². The third-order valence-electron chi connectivity index (χ3n) is 6.18. The number of β-lactam (4-membered cyclic amide) rings is 1. The Kier molecular flexibility index (Phi) is 5.14. The van der Waals surface area contributed by atoms with Crippen LogP contribution in [0.3, 0.4) is 0 Å². The molecule has 2 fully saturated rings. The van der Waals surface area contributed by atoms with Crippen molar-refractivity contribution in [1.29, 1.82) is 0 Å². The first-order valence-electron chi connectivity index (χ1n) is 9.10. The highest BCUT2D eigenvalue weighted by molar-refractivity contribution is 9.10. The monoisotopic (exact) mass is 422 g/mol. The van der Waals surface area contributed by atoms with E-state index in [0.717, 1.165) is 23.9 Å². The number of piperidine rings is 1. The first kappa shape index (κ1) is 19.3. The Balaban J connectivity index is 1.58. The fourth-order valence-electron chi connectivity index (χ4n) is 3.65. The van der Waals surface area contributed by atoms with Crippen LogP contribution in [-0.4, -0.2) is 51.9 Å². The number of hydrogen-bond acceptors (Lipinski definition) is 4. The van der Waals surface area contributed by atoms with E-state index < -0.39 is 0 Å². The lowest BCUT2D eigenvalue weighted by Crippen LogP contribution is -2.74. The molecule has 26 heavy (non-hydrogen) atoms. The summed E-state index contributed by atoms with van der Waals surface area (Å²) in [5.41, 5.74) is -0.493. The molecule has 2 aliphatic heterocycles. The smallest absolute Gasteiger partial charge is 0.232 e. The molecule has 1 aromatic heterocycles. The van der Waals surface area contributed by atoms with Crippen LogP contribution in [-0.2, 0) is 9.59 Å². The summed E-state index contributed by atoms with van der Waals surface area (Å²) in [6.45, 7) is 10.4. The first-order chi connectivity index (χ1) is 12.1. The molecule has 6 nitrogen and oxygen atoms in total. The molecule has 3 rings (SSSR count). The second-order valence-electron chi connectivity index (χ2n) is 8.33. The average molecular weight is 423 g/mol. The zero-order chi connectivity index (χ0) is 19.1. The van der Waals surface area contributed by atoms with E-state index in [1.807, 2.05) is 24.8 Å². The van der Waals surface area contributed by atoms with Gasteiger partial charge in [-0.05, 0) is 75.1 Å². The maximum Gasteiger partial charge on any atom is 0.232 e. The number of rotatable bonds is 4. The molecule has 1 atom stereocenters. The van der Waals surface area contributed by atoms with E-state index in [9.17, 15) is 9.59 Å². The molecule has 7 heteroatoms. The van der Waals surface area contributed by atoms with Gasteiger partial charge >= 0.3 is 0 Å². The quantitative estimate of drug-likeness (QED) is 0.756. The number of carbonyl (C=O) groups excluding carboxylic acids is 2. The van der Waals surface area contributed by atoms with Gasteiger partial charge in [0.2, 0.25) is 11.8 Å². The summed E-state index contributed by atoms with van der Waals surface area (Å²) in [7, 11) is 0. The molecule has 0 spiro atoms. The van der Waals surface area contributed by atoms with Gasteiger partial charge in [0.15, 0.2) is 0 Å². The zero-order valence-corrected chi connectivity index (χ0v) is 17.5. The van der Waals surface area contributed by atoms with Gasteiger partial charge in [0.25, 0.3) is 0 Å². The van der Waals surface area contributed by atoms with Crippen molar-refractivity contribution in [3.05, 3.63) is 22.8 Å². The lowest BCUT2D eigenvalue weighted by atomic mass is 9.64. The van der Waals surface area contributed by atoms with Crippen molar-refractivity contribution in [2.45, 2.75) is 46.1 Å². The fraction of sp³-hybridized carbons (Fsp3) is 0.632. The number of hydrogen-bond donors (Lipinski definition) is 1. The van der Waals surface area contributed by atoms with Crippen molar-refractivity contribution in [3.63, 3.8) is 0 Å². The van der Waals surface area contributed by atoms with Gasteiger partial charge in [-0.2, -0.15) is 0 Å². The number of likely N-dealkylation sites (tertiary alicyclic amines) is 2. The summed E-state index contributed by atoms with van der Waals surface area (Å²) >= 11 is 3.34. The minimum absolute atomic E-state index is 0.000881. The molecular formula is C19H27BrN4O2. The molecular weight excluding hydrogens is 396 g/mol. The molecule has 3 heterocycles. The summed E-state index contributed by atoms with van der Waals surface area (Å²) in [6, 6.07) is 3.64. The van der Waals surface area contributed by atoms with E-state index in [-0.39, 0.29) is 28.7 Å². The molecule has 1 aromatic rings. The summed E-state index contributed by atoms with van der Waals surface area (Å²) in [4.78, 5) is 33.4. The topological polar surface area (TPSA) is 65.5 Å². The van der Waals surface area contributed by atoms with Gasteiger partial charge in [-0.1, -0.05) is 0 Å².